The number of aromatic nitrogens is 1. The van der Waals surface area contributed by atoms with Crippen LogP contribution in [-0.2, 0) is 6.42 Å². The number of hydrogen-bond acceptors (Lipinski definition) is 4. The van der Waals surface area contributed by atoms with Gasteiger partial charge in [0, 0.05) is 35.7 Å². The highest BCUT2D eigenvalue weighted by molar-refractivity contribution is 7.99. The SMILES string of the molecule is CCSc1ccccc1C(=O)Cc1cc(C)cnc1NC. The molecule has 1 aromatic heterocycles. The third-order valence-corrected chi connectivity index (χ3v) is 4.13. The van der Waals surface area contributed by atoms with Crippen molar-refractivity contribution in [3.63, 3.8) is 0 Å². The second-order valence-corrected chi connectivity index (χ2v) is 6.11. The van der Waals surface area contributed by atoms with Crippen LogP contribution in [0.2, 0.25) is 0 Å². The molecule has 0 bridgehead atoms. The number of nitrogens with zero attached hydrogens (tertiary/aromatic N) is 1. The van der Waals surface area contributed by atoms with Gasteiger partial charge >= 0.3 is 0 Å². The van der Waals surface area contributed by atoms with Crippen LogP contribution < -0.4 is 5.32 Å². The van der Waals surface area contributed by atoms with E-state index in [0.29, 0.717) is 6.42 Å². The number of thioether (sulfide) groups is 1. The second-order valence-electron chi connectivity index (χ2n) is 4.80. The van der Waals surface area contributed by atoms with Gasteiger partial charge in [0.15, 0.2) is 5.78 Å². The number of pyridine rings is 1. The highest BCUT2D eigenvalue weighted by Crippen LogP contribution is 2.24. The molecule has 0 radical (unpaired) electrons. The molecule has 0 saturated carbocycles. The van der Waals surface area contributed by atoms with Crippen molar-refractivity contribution in [2.24, 2.45) is 0 Å². The summed E-state index contributed by atoms with van der Waals surface area (Å²) in [6.45, 7) is 4.08. The van der Waals surface area contributed by atoms with E-state index < -0.39 is 0 Å². The largest absolute Gasteiger partial charge is 0.373 e. The van der Waals surface area contributed by atoms with Gasteiger partial charge in [0.2, 0.25) is 0 Å². The molecule has 21 heavy (non-hydrogen) atoms. The molecule has 0 atom stereocenters. The molecule has 0 aliphatic rings. The highest BCUT2D eigenvalue weighted by Gasteiger charge is 2.14. The van der Waals surface area contributed by atoms with Crippen LogP contribution in [0.5, 0.6) is 0 Å². The summed E-state index contributed by atoms with van der Waals surface area (Å²) < 4.78 is 0. The van der Waals surface area contributed by atoms with E-state index in [2.05, 4.69) is 17.2 Å². The quantitative estimate of drug-likeness (QED) is 0.647. The minimum atomic E-state index is 0.135. The van der Waals surface area contributed by atoms with Gasteiger partial charge in [-0.05, 0) is 24.3 Å². The Bertz CT molecular complexity index is 640. The number of aryl methyl sites for hydroxylation is 1. The molecule has 2 aromatic rings. The minimum absolute atomic E-state index is 0.135. The normalized spacial score (nSPS) is 10.4. The summed E-state index contributed by atoms with van der Waals surface area (Å²) in [6, 6.07) is 9.83. The molecule has 0 fully saturated rings. The average Bonchev–Trinajstić information content (AvgIpc) is 2.48. The molecular weight excluding hydrogens is 280 g/mol. The molecule has 0 aliphatic carbocycles. The summed E-state index contributed by atoms with van der Waals surface area (Å²) in [5, 5.41) is 3.05. The Morgan fingerprint density at radius 1 is 1.33 bits per heavy atom. The van der Waals surface area contributed by atoms with Gasteiger partial charge < -0.3 is 5.32 Å². The van der Waals surface area contributed by atoms with Crippen LogP contribution in [0.15, 0.2) is 41.4 Å². The predicted octanol–water partition coefficient (Wildman–Crippen LogP) is 3.97. The van der Waals surface area contributed by atoms with Crippen LogP contribution in [0, 0.1) is 6.92 Å². The lowest BCUT2D eigenvalue weighted by atomic mass is 10.0. The molecule has 0 amide bonds. The van der Waals surface area contributed by atoms with Gasteiger partial charge in [-0.15, -0.1) is 11.8 Å². The Hall–Kier alpha value is -1.81. The molecule has 1 N–H and O–H groups in total. The molecular formula is C17H20N2OS. The Balaban J connectivity index is 2.28. The predicted molar refractivity (Wildman–Crippen MR) is 89.4 cm³/mol. The van der Waals surface area contributed by atoms with Crippen LogP contribution in [-0.4, -0.2) is 23.6 Å². The zero-order valence-electron chi connectivity index (χ0n) is 12.6. The van der Waals surface area contributed by atoms with Crippen molar-refractivity contribution in [1.82, 2.24) is 4.98 Å². The van der Waals surface area contributed by atoms with E-state index in [1.807, 2.05) is 44.3 Å². The van der Waals surface area contributed by atoms with Gasteiger partial charge in [0.05, 0.1) is 0 Å². The van der Waals surface area contributed by atoms with Crippen molar-refractivity contribution in [2.75, 3.05) is 18.1 Å². The van der Waals surface area contributed by atoms with Crippen LogP contribution in [0.1, 0.15) is 28.4 Å². The van der Waals surface area contributed by atoms with E-state index in [9.17, 15) is 4.79 Å². The number of nitrogens with one attached hydrogen (secondary N) is 1. The summed E-state index contributed by atoms with van der Waals surface area (Å²) in [6.07, 6.45) is 2.17. The first-order valence-corrected chi connectivity index (χ1v) is 8.02. The summed E-state index contributed by atoms with van der Waals surface area (Å²) in [5.41, 5.74) is 2.81. The number of hydrogen-bond donors (Lipinski definition) is 1. The fourth-order valence-corrected chi connectivity index (χ4v) is 3.06. The maximum atomic E-state index is 12.6. The standard InChI is InChI=1S/C17H20N2OS/c1-4-21-16-8-6-5-7-14(16)15(20)10-13-9-12(2)11-19-17(13)18-3/h5-9,11H,4,10H2,1-3H3,(H,18,19). The Labute approximate surface area is 130 Å². The molecule has 0 aliphatic heterocycles. The maximum absolute atomic E-state index is 12.6. The smallest absolute Gasteiger partial charge is 0.168 e. The highest BCUT2D eigenvalue weighted by atomic mass is 32.2. The number of carbonyl (C=O) groups excluding carboxylic acids is 1. The maximum Gasteiger partial charge on any atom is 0.168 e. The third-order valence-electron chi connectivity index (χ3n) is 3.18. The summed E-state index contributed by atoms with van der Waals surface area (Å²) in [4.78, 5) is 18.0. The third kappa shape index (κ3) is 3.85. The number of rotatable bonds is 6. The molecule has 0 spiro atoms. The summed E-state index contributed by atoms with van der Waals surface area (Å²) in [7, 11) is 1.83. The lowest BCUT2D eigenvalue weighted by Gasteiger charge is -2.10. The van der Waals surface area contributed by atoms with Gasteiger partial charge in [0.25, 0.3) is 0 Å². The van der Waals surface area contributed by atoms with Gasteiger partial charge in [0.1, 0.15) is 5.82 Å². The molecule has 1 heterocycles. The van der Waals surface area contributed by atoms with E-state index in [1.54, 1.807) is 18.0 Å². The topological polar surface area (TPSA) is 42.0 Å². The molecule has 0 unspecified atom stereocenters. The number of carbonyl (C=O) groups is 1. The Kier molecular flexibility index (Phi) is 5.39. The van der Waals surface area contributed by atoms with Crippen LogP contribution in [0.25, 0.3) is 0 Å². The zero-order chi connectivity index (χ0) is 15.2. The minimum Gasteiger partial charge on any atom is -0.373 e. The second kappa shape index (κ2) is 7.27. The Morgan fingerprint density at radius 2 is 2.10 bits per heavy atom. The van der Waals surface area contributed by atoms with E-state index in [4.69, 9.17) is 0 Å². The monoisotopic (exact) mass is 300 g/mol. The number of benzene rings is 1. The lowest BCUT2D eigenvalue weighted by molar-refractivity contribution is 0.0990. The van der Waals surface area contributed by atoms with Gasteiger partial charge in [-0.3, -0.25) is 4.79 Å². The number of Topliss-reactive ketones (excluding diaryl/α,β-unsaturated/α-hetero) is 1. The van der Waals surface area contributed by atoms with E-state index in [1.165, 1.54) is 0 Å². The summed E-state index contributed by atoms with van der Waals surface area (Å²) >= 11 is 1.70. The van der Waals surface area contributed by atoms with Crippen molar-refractivity contribution < 1.29 is 4.79 Å². The van der Waals surface area contributed by atoms with Gasteiger partial charge in [-0.1, -0.05) is 31.2 Å². The Morgan fingerprint density at radius 3 is 2.81 bits per heavy atom. The lowest BCUT2D eigenvalue weighted by Crippen LogP contribution is -2.08. The first-order chi connectivity index (χ1) is 10.2. The van der Waals surface area contributed by atoms with Gasteiger partial charge in [-0.25, -0.2) is 4.98 Å². The van der Waals surface area contributed by atoms with Crippen molar-refractivity contribution >= 4 is 23.4 Å². The first kappa shape index (κ1) is 15.6. The molecule has 0 saturated heterocycles. The first-order valence-electron chi connectivity index (χ1n) is 7.04. The zero-order valence-corrected chi connectivity index (χ0v) is 13.5. The van der Waals surface area contributed by atoms with Crippen LogP contribution in [0.3, 0.4) is 0 Å². The van der Waals surface area contributed by atoms with Crippen molar-refractivity contribution in [2.45, 2.75) is 25.2 Å². The average molecular weight is 300 g/mol. The van der Waals surface area contributed by atoms with Gasteiger partial charge in [-0.2, -0.15) is 0 Å². The van der Waals surface area contributed by atoms with E-state index >= 15 is 0 Å². The fraction of sp³-hybridized carbons (Fsp3) is 0.294. The van der Waals surface area contributed by atoms with E-state index in [0.717, 1.165) is 33.2 Å². The molecule has 110 valence electrons. The van der Waals surface area contributed by atoms with Crippen molar-refractivity contribution in [3.8, 4) is 0 Å². The molecule has 4 heteroatoms. The fourth-order valence-electron chi connectivity index (χ4n) is 2.24. The van der Waals surface area contributed by atoms with Crippen molar-refractivity contribution in [1.29, 1.82) is 0 Å². The van der Waals surface area contributed by atoms with Crippen LogP contribution >= 0.6 is 11.8 Å². The molecule has 1 aromatic carbocycles. The van der Waals surface area contributed by atoms with Crippen molar-refractivity contribution in [3.05, 3.63) is 53.2 Å². The summed E-state index contributed by atoms with van der Waals surface area (Å²) in [5.74, 6) is 1.86. The number of ketones is 1. The molecule has 3 nitrogen and oxygen atoms in total. The molecule has 2 rings (SSSR count). The van der Waals surface area contributed by atoms with Crippen LogP contribution in [0.4, 0.5) is 5.82 Å². The number of anilines is 1. The van der Waals surface area contributed by atoms with E-state index in [-0.39, 0.29) is 5.78 Å².